The fourth-order valence-electron chi connectivity index (χ4n) is 4.90. The number of para-hydroxylation sites is 1. The van der Waals surface area contributed by atoms with E-state index in [2.05, 4.69) is 15.3 Å². The standard InChI is InChI=1S/C29H38N6O5S/c1-18-11-13-19(14-12-18)41(38,39)35-17-24-21(20-8-5-6-9-22(20)33-24)16-25(35)26(36)34-23(10-7-15-32-28(30)31)27(37)40-29(2,3)4/h5-6,8-9,11-14,23,25,33H,7,10,15-17H2,1-4H3,(H,34,36)(H4,30,31,32). The first-order valence-electron chi connectivity index (χ1n) is 13.5. The number of nitrogens with two attached hydrogens (primary N) is 2. The van der Waals surface area contributed by atoms with Crippen LogP contribution in [-0.4, -0.2) is 59.8 Å². The van der Waals surface area contributed by atoms with E-state index >= 15 is 0 Å². The molecule has 220 valence electrons. The largest absolute Gasteiger partial charge is 0.458 e. The Kier molecular flexibility index (Phi) is 8.74. The summed E-state index contributed by atoms with van der Waals surface area (Å²) in [6.45, 7) is 7.30. The number of carbonyl (C=O) groups is 2. The lowest BCUT2D eigenvalue weighted by Gasteiger charge is -2.35. The number of esters is 1. The normalized spacial score (nSPS) is 16.5. The van der Waals surface area contributed by atoms with Crippen molar-refractivity contribution < 1.29 is 22.7 Å². The summed E-state index contributed by atoms with van der Waals surface area (Å²) in [5, 5.41) is 3.71. The molecule has 2 atom stereocenters. The zero-order valence-corrected chi connectivity index (χ0v) is 24.6. The van der Waals surface area contributed by atoms with Gasteiger partial charge in [0.05, 0.1) is 11.4 Å². The van der Waals surface area contributed by atoms with Gasteiger partial charge >= 0.3 is 5.97 Å². The number of aromatic amines is 1. The van der Waals surface area contributed by atoms with E-state index in [1.165, 1.54) is 16.4 Å². The molecule has 12 heteroatoms. The maximum absolute atomic E-state index is 13.9. The molecule has 0 bridgehead atoms. The molecule has 1 aliphatic rings. The molecule has 11 nitrogen and oxygen atoms in total. The number of aryl methyl sites for hydroxylation is 1. The third kappa shape index (κ3) is 7.06. The van der Waals surface area contributed by atoms with Gasteiger partial charge < -0.3 is 26.5 Å². The highest BCUT2D eigenvalue weighted by molar-refractivity contribution is 7.89. The Bertz CT molecular complexity index is 1550. The number of rotatable bonds is 9. The number of guanidine groups is 1. The highest BCUT2D eigenvalue weighted by atomic mass is 32.2. The van der Waals surface area contributed by atoms with Crippen LogP contribution >= 0.6 is 0 Å². The van der Waals surface area contributed by atoms with Crippen molar-refractivity contribution in [3.05, 3.63) is 65.4 Å². The fourth-order valence-corrected chi connectivity index (χ4v) is 6.46. The van der Waals surface area contributed by atoms with Crippen LogP contribution in [0.15, 0.2) is 58.4 Å². The number of hydrogen-bond acceptors (Lipinski definition) is 6. The molecule has 6 N–H and O–H groups in total. The molecule has 1 aromatic heterocycles. The third-order valence-corrected chi connectivity index (χ3v) is 8.71. The van der Waals surface area contributed by atoms with Crippen molar-refractivity contribution >= 4 is 38.8 Å². The van der Waals surface area contributed by atoms with E-state index in [-0.39, 0.29) is 36.8 Å². The maximum atomic E-state index is 13.9. The third-order valence-electron chi connectivity index (χ3n) is 6.84. The van der Waals surface area contributed by atoms with Gasteiger partial charge in [-0.05, 0) is 64.3 Å². The van der Waals surface area contributed by atoms with Crippen LogP contribution in [0.3, 0.4) is 0 Å². The zero-order valence-electron chi connectivity index (χ0n) is 23.8. The maximum Gasteiger partial charge on any atom is 0.329 e. The average Bonchev–Trinajstić information content (AvgIpc) is 3.26. The van der Waals surface area contributed by atoms with Crippen LogP contribution in [0.25, 0.3) is 10.9 Å². The van der Waals surface area contributed by atoms with E-state index < -0.39 is 39.6 Å². The molecule has 0 spiro atoms. The summed E-state index contributed by atoms with van der Waals surface area (Å²) in [6, 6.07) is 12.0. The number of aliphatic imine (C=N–C) groups is 1. The molecule has 0 fully saturated rings. The molecule has 0 saturated carbocycles. The zero-order chi connectivity index (χ0) is 29.9. The van der Waals surface area contributed by atoms with Crippen LogP contribution in [0.2, 0.25) is 0 Å². The predicted molar refractivity (Wildman–Crippen MR) is 157 cm³/mol. The molecular weight excluding hydrogens is 544 g/mol. The summed E-state index contributed by atoms with van der Waals surface area (Å²) in [5.41, 5.74) is 13.4. The van der Waals surface area contributed by atoms with Gasteiger partial charge in [0.15, 0.2) is 5.96 Å². The van der Waals surface area contributed by atoms with Crippen LogP contribution in [-0.2, 0) is 37.3 Å². The van der Waals surface area contributed by atoms with Gasteiger partial charge in [-0.2, -0.15) is 4.31 Å². The first-order chi connectivity index (χ1) is 19.3. The van der Waals surface area contributed by atoms with Crippen LogP contribution in [0, 0.1) is 6.92 Å². The summed E-state index contributed by atoms with van der Waals surface area (Å²) >= 11 is 0. The lowest BCUT2D eigenvalue weighted by Crippen LogP contribution is -2.55. The van der Waals surface area contributed by atoms with E-state index in [0.29, 0.717) is 6.42 Å². The number of H-pyrrole nitrogens is 1. The number of benzene rings is 2. The van der Waals surface area contributed by atoms with Gasteiger partial charge in [0, 0.05) is 29.6 Å². The molecule has 1 aliphatic heterocycles. The minimum absolute atomic E-state index is 0.0279. The summed E-state index contributed by atoms with van der Waals surface area (Å²) in [7, 11) is -4.08. The molecule has 2 heterocycles. The van der Waals surface area contributed by atoms with E-state index in [1.807, 2.05) is 31.2 Å². The highest BCUT2D eigenvalue weighted by Gasteiger charge is 2.42. The second-order valence-electron chi connectivity index (χ2n) is 11.3. The van der Waals surface area contributed by atoms with Gasteiger partial charge in [-0.15, -0.1) is 0 Å². The minimum atomic E-state index is -4.08. The molecular formula is C29H38N6O5S. The van der Waals surface area contributed by atoms with Crippen LogP contribution < -0.4 is 16.8 Å². The summed E-state index contributed by atoms with van der Waals surface area (Å²) in [6.07, 6.45) is 0.725. The molecule has 3 aromatic rings. The number of amides is 1. The number of nitrogens with one attached hydrogen (secondary N) is 2. The average molecular weight is 583 g/mol. The van der Waals surface area contributed by atoms with Gasteiger partial charge in [0.2, 0.25) is 15.9 Å². The Morgan fingerprint density at radius 3 is 2.49 bits per heavy atom. The Morgan fingerprint density at radius 1 is 1.15 bits per heavy atom. The number of ether oxygens (including phenoxy) is 1. The molecule has 2 unspecified atom stereocenters. The van der Waals surface area contributed by atoms with Gasteiger partial charge in [-0.25, -0.2) is 13.2 Å². The first kappa shape index (κ1) is 30.1. The van der Waals surface area contributed by atoms with Gasteiger partial charge in [-0.3, -0.25) is 9.79 Å². The number of aromatic nitrogens is 1. The van der Waals surface area contributed by atoms with Gasteiger partial charge in [-0.1, -0.05) is 35.9 Å². The molecule has 0 aliphatic carbocycles. The van der Waals surface area contributed by atoms with Crippen molar-refractivity contribution in [3.8, 4) is 0 Å². The van der Waals surface area contributed by atoms with Crippen molar-refractivity contribution in [2.45, 2.75) is 76.1 Å². The molecule has 1 amide bonds. The van der Waals surface area contributed by atoms with E-state index in [1.54, 1.807) is 32.9 Å². The van der Waals surface area contributed by atoms with Crippen molar-refractivity contribution in [3.63, 3.8) is 0 Å². The molecule has 2 aromatic carbocycles. The molecule has 41 heavy (non-hydrogen) atoms. The van der Waals surface area contributed by atoms with Crippen molar-refractivity contribution in [2.75, 3.05) is 6.54 Å². The summed E-state index contributed by atoms with van der Waals surface area (Å²) in [4.78, 5) is 34.4. The molecule has 0 saturated heterocycles. The number of nitrogens with zero attached hydrogens (tertiary/aromatic N) is 2. The Hall–Kier alpha value is -3.90. The van der Waals surface area contributed by atoms with Crippen LogP contribution in [0.4, 0.5) is 0 Å². The number of carbonyl (C=O) groups excluding carboxylic acids is 2. The predicted octanol–water partition coefficient (Wildman–Crippen LogP) is 2.47. The van der Waals surface area contributed by atoms with E-state index in [4.69, 9.17) is 16.2 Å². The summed E-state index contributed by atoms with van der Waals surface area (Å²) < 4.78 is 34.6. The smallest absolute Gasteiger partial charge is 0.329 e. The van der Waals surface area contributed by atoms with E-state index in [9.17, 15) is 18.0 Å². The number of sulfonamides is 1. The summed E-state index contributed by atoms with van der Waals surface area (Å²) in [5.74, 6) is -1.28. The number of fused-ring (bicyclic) bond motifs is 3. The SMILES string of the molecule is Cc1ccc(S(=O)(=O)N2Cc3[nH]c4ccccc4c3CC2C(=O)NC(CCCN=C(N)N)C(=O)OC(C)(C)C)cc1. The Morgan fingerprint density at radius 2 is 1.83 bits per heavy atom. The quantitative estimate of drug-likeness (QED) is 0.130. The minimum Gasteiger partial charge on any atom is -0.458 e. The molecule has 0 radical (unpaired) electrons. The number of hydrogen-bond donors (Lipinski definition) is 4. The van der Waals surface area contributed by atoms with Crippen LogP contribution in [0.1, 0.15) is 50.4 Å². The Labute approximate surface area is 240 Å². The van der Waals surface area contributed by atoms with E-state index in [0.717, 1.165) is 27.7 Å². The second kappa shape index (κ2) is 11.9. The van der Waals surface area contributed by atoms with Crippen molar-refractivity contribution in [1.82, 2.24) is 14.6 Å². The fraction of sp³-hybridized carbons (Fsp3) is 0.414. The van der Waals surface area contributed by atoms with Gasteiger partial charge in [0.1, 0.15) is 17.7 Å². The Balaban J connectivity index is 1.69. The van der Waals surface area contributed by atoms with Gasteiger partial charge in [0.25, 0.3) is 0 Å². The second-order valence-corrected chi connectivity index (χ2v) is 13.1. The lowest BCUT2D eigenvalue weighted by molar-refractivity contribution is -0.159. The highest BCUT2D eigenvalue weighted by Crippen LogP contribution is 2.33. The first-order valence-corrected chi connectivity index (χ1v) is 15.0. The topological polar surface area (TPSA) is 173 Å². The molecule has 4 rings (SSSR count). The van der Waals surface area contributed by atoms with Crippen molar-refractivity contribution in [1.29, 1.82) is 0 Å². The van der Waals surface area contributed by atoms with Crippen molar-refractivity contribution in [2.24, 2.45) is 16.5 Å². The monoisotopic (exact) mass is 582 g/mol. The van der Waals surface area contributed by atoms with Crippen LogP contribution in [0.5, 0.6) is 0 Å². The lowest BCUT2D eigenvalue weighted by atomic mass is 9.97.